The Morgan fingerprint density at radius 1 is 1.38 bits per heavy atom. The highest BCUT2D eigenvalue weighted by Gasteiger charge is 2.18. The fraction of sp³-hybridized carbons (Fsp3) is 0.333. The van der Waals surface area contributed by atoms with E-state index in [0.29, 0.717) is 24.2 Å². The lowest BCUT2D eigenvalue weighted by Crippen LogP contribution is -2.12. The van der Waals surface area contributed by atoms with Crippen molar-refractivity contribution in [2.24, 2.45) is 0 Å². The number of nitrogens with zero attached hydrogens (tertiary/aromatic N) is 1. The monoisotopic (exact) mass is 362 g/mol. The molecule has 24 heavy (non-hydrogen) atoms. The van der Waals surface area contributed by atoms with Gasteiger partial charge in [-0.2, -0.15) is 0 Å². The van der Waals surface area contributed by atoms with Crippen molar-refractivity contribution in [2.75, 3.05) is 13.7 Å². The van der Waals surface area contributed by atoms with Crippen LogP contribution in [0.1, 0.15) is 23.2 Å². The predicted molar refractivity (Wildman–Crippen MR) is 100 cm³/mol. The molecule has 3 rings (SSSR count). The number of aromatic nitrogens is 2. The number of aryl methyl sites for hydroxylation is 2. The maximum absolute atomic E-state index is 12.7. The summed E-state index contributed by atoms with van der Waals surface area (Å²) in [6.07, 6.45) is 1.45. The van der Waals surface area contributed by atoms with Crippen molar-refractivity contribution in [3.8, 4) is 11.1 Å². The van der Waals surface area contributed by atoms with Gasteiger partial charge in [-0.25, -0.2) is 4.98 Å². The molecule has 0 spiro atoms. The van der Waals surface area contributed by atoms with Crippen LogP contribution in [0.25, 0.3) is 21.3 Å². The molecule has 4 nitrogen and oxygen atoms in total. The number of hydrogen-bond acceptors (Lipinski definition) is 4. The van der Waals surface area contributed by atoms with Gasteiger partial charge in [0.05, 0.1) is 12.0 Å². The minimum absolute atomic E-state index is 0.0929. The molecular weight excluding hydrogens is 344 g/mol. The Hall–Kier alpha value is -1.69. The van der Waals surface area contributed by atoms with Crippen molar-refractivity contribution >= 4 is 33.2 Å². The minimum Gasteiger partial charge on any atom is -0.384 e. The van der Waals surface area contributed by atoms with Gasteiger partial charge < -0.3 is 9.72 Å². The topological polar surface area (TPSA) is 55.0 Å². The number of ether oxygens (including phenoxy) is 1. The molecule has 0 radical (unpaired) electrons. The number of fused-ring (bicyclic) bond motifs is 1. The predicted octanol–water partition coefficient (Wildman–Crippen LogP) is 4.36. The number of thiophene rings is 1. The first-order valence-corrected chi connectivity index (χ1v) is 9.04. The zero-order valence-corrected chi connectivity index (χ0v) is 15.5. The number of rotatable bonds is 5. The summed E-state index contributed by atoms with van der Waals surface area (Å²) in [6, 6.07) is 5.87. The highest BCUT2D eigenvalue weighted by molar-refractivity contribution is 7.19. The van der Waals surface area contributed by atoms with Crippen LogP contribution in [0.4, 0.5) is 0 Å². The third-order valence-electron chi connectivity index (χ3n) is 3.99. The van der Waals surface area contributed by atoms with Gasteiger partial charge in [0.15, 0.2) is 0 Å². The van der Waals surface area contributed by atoms with E-state index in [9.17, 15) is 4.79 Å². The van der Waals surface area contributed by atoms with Crippen LogP contribution in [-0.4, -0.2) is 23.7 Å². The molecule has 126 valence electrons. The minimum atomic E-state index is -0.0929. The summed E-state index contributed by atoms with van der Waals surface area (Å²) < 4.78 is 5.07. The van der Waals surface area contributed by atoms with Gasteiger partial charge in [0, 0.05) is 29.0 Å². The van der Waals surface area contributed by atoms with E-state index in [0.717, 1.165) is 37.8 Å². The first-order chi connectivity index (χ1) is 11.5. The van der Waals surface area contributed by atoms with Crippen LogP contribution in [0, 0.1) is 6.92 Å². The summed E-state index contributed by atoms with van der Waals surface area (Å²) in [5, 5.41) is 1.39. The molecule has 0 saturated carbocycles. The van der Waals surface area contributed by atoms with E-state index in [4.69, 9.17) is 16.3 Å². The normalized spacial score (nSPS) is 11.3. The van der Waals surface area contributed by atoms with E-state index >= 15 is 0 Å². The van der Waals surface area contributed by atoms with E-state index in [1.807, 2.05) is 25.1 Å². The van der Waals surface area contributed by atoms with Crippen LogP contribution < -0.4 is 5.56 Å². The smallest absolute Gasteiger partial charge is 0.260 e. The maximum atomic E-state index is 12.7. The fourth-order valence-electron chi connectivity index (χ4n) is 2.77. The molecule has 0 bridgehead atoms. The van der Waals surface area contributed by atoms with Crippen LogP contribution in [-0.2, 0) is 17.6 Å². The number of H-pyrrole nitrogens is 1. The van der Waals surface area contributed by atoms with Gasteiger partial charge in [0.1, 0.15) is 10.7 Å². The third-order valence-corrected chi connectivity index (χ3v) is 5.65. The molecule has 0 aliphatic rings. The third kappa shape index (κ3) is 3.11. The van der Waals surface area contributed by atoms with Gasteiger partial charge in [-0.1, -0.05) is 24.6 Å². The molecule has 0 aliphatic carbocycles. The summed E-state index contributed by atoms with van der Waals surface area (Å²) in [7, 11) is 1.64. The number of nitrogens with one attached hydrogen (secondary N) is 1. The molecule has 0 atom stereocenters. The van der Waals surface area contributed by atoms with Crippen molar-refractivity contribution in [3.05, 3.63) is 49.8 Å². The van der Waals surface area contributed by atoms with E-state index < -0.39 is 0 Å². The standard InChI is InChI=1S/C18H19ClN2O2S/c1-4-13-15(11-5-6-12(19)10(2)9-11)16-17(22)20-14(7-8-23-3)21-18(16)24-13/h5-6,9H,4,7-8H2,1-3H3,(H,20,21,22). The van der Waals surface area contributed by atoms with Crippen LogP contribution >= 0.6 is 22.9 Å². The molecule has 0 aliphatic heterocycles. The van der Waals surface area contributed by atoms with Gasteiger partial charge in [-0.15, -0.1) is 11.3 Å². The van der Waals surface area contributed by atoms with Gasteiger partial charge in [-0.3, -0.25) is 4.79 Å². The second-order valence-corrected chi connectivity index (χ2v) is 7.14. The van der Waals surface area contributed by atoms with Crippen molar-refractivity contribution in [1.82, 2.24) is 9.97 Å². The van der Waals surface area contributed by atoms with E-state index in [-0.39, 0.29) is 5.56 Å². The lowest BCUT2D eigenvalue weighted by molar-refractivity contribution is 0.200. The van der Waals surface area contributed by atoms with E-state index in [2.05, 4.69) is 16.9 Å². The Balaban J connectivity index is 2.23. The second-order valence-electron chi connectivity index (χ2n) is 5.65. The molecule has 0 saturated heterocycles. The molecule has 0 amide bonds. The molecule has 1 N–H and O–H groups in total. The van der Waals surface area contributed by atoms with Gasteiger partial charge in [0.2, 0.25) is 0 Å². The quantitative estimate of drug-likeness (QED) is 0.733. The summed E-state index contributed by atoms with van der Waals surface area (Å²) >= 11 is 7.73. The van der Waals surface area contributed by atoms with Crippen molar-refractivity contribution in [1.29, 1.82) is 0 Å². The number of aromatic amines is 1. The summed E-state index contributed by atoms with van der Waals surface area (Å²) in [6.45, 7) is 4.60. The van der Waals surface area contributed by atoms with Crippen molar-refractivity contribution in [2.45, 2.75) is 26.7 Å². The second kappa shape index (κ2) is 7.05. The molecule has 0 unspecified atom stereocenters. The highest BCUT2D eigenvalue weighted by atomic mass is 35.5. The fourth-order valence-corrected chi connectivity index (χ4v) is 4.04. The van der Waals surface area contributed by atoms with Gasteiger partial charge in [-0.05, 0) is 36.6 Å². The SMILES string of the molecule is CCc1sc2nc(CCOC)[nH]c(=O)c2c1-c1ccc(Cl)c(C)c1. The number of hydrogen-bond donors (Lipinski definition) is 1. The molecule has 1 aromatic carbocycles. The van der Waals surface area contributed by atoms with Gasteiger partial charge in [0.25, 0.3) is 5.56 Å². The number of halogens is 1. The zero-order valence-electron chi connectivity index (χ0n) is 13.9. The molecule has 2 aromatic heterocycles. The Morgan fingerprint density at radius 2 is 2.17 bits per heavy atom. The van der Waals surface area contributed by atoms with Crippen molar-refractivity contribution < 1.29 is 4.74 Å². The Labute approximate surface area is 149 Å². The largest absolute Gasteiger partial charge is 0.384 e. The Morgan fingerprint density at radius 3 is 2.83 bits per heavy atom. The van der Waals surface area contributed by atoms with Crippen LogP contribution in [0.3, 0.4) is 0 Å². The lowest BCUT2D eigenvalue weighted by Gasteiger charge is -2.06. The van der Waals surface area contributed by atoms with Crippen molar-refractivity contribution in [3.63, 3.8) is 0 Å². The van der Waals surface area contributed by atoms with Gasteiger partial charge >= 0.3 is 0 Å². The first kappa shape index (κ1) is 17.1. The summed E-state index contributed by atoms with van der Waals surface area (Å²) in [5.41, 5.74) is 2.89. The van der Waals surface area contributed by atoms with Crippen LogP contribution in [0.5, 0.6) is 0 Å². The highest BCUT2D eigenvalue weighted by Crippen LogP contribution is 2.37. The lowest BCUT2D eigenvalue weighted by atomic mass is 10.0. The molecule has 6 heteroatoms. The van der Waals surface area contributed by atoms with E-state index in [1.165, 1.54) is 0 Å². The summed E-state index contributed by atoms with van der Waals surface area (Å²) in [5.74, 6) is 0.664. The molecule has 2 heterocycles. The van der Waals surface area contributed by atoms with Crippen LogP contribution in [0.2, 0.25) is 5.02 Å². The average Bonchev–Trinajstić information content (AvgIpc) is 2.94. The number of methoxy groups -OCH3 is 1. The first-order valence-electron chi connectivity index (χ1n) is 7.85. The molecular formula is C18H19ClN2O2S. The maximum Gasteiger partial charge on any atom is 0.260 e. The summed E-state index contributed by atoms with van der Waals surface area (Å²) in [4.78, 5) is 22.1. The molecule has 3 aromatic rings. The average molecular weight is 363 g/mol. The Kier molecular flexibility index (Phi) is 5.04. The zero-order chi connectivity index (χ0) is 17.3. The van der Waals surface area contributed by atoms with E-state index in [1.54, 1.807) is 18.4 Å². The Bertz CT molecular complexity index is 946. The van der Waals surface area contributed by atoms with Crippen LogP contribution in [0.15, 0.2) is 23.0 Å². The number of benzene rings is 1. The molecule has 0 fully saturated rings.